The van der Waals surface area contributed by atoms with Gasteiger partial charge in [-0.05, 0) is 95.2 Å². The molecule has 29 heavy (non-hydrogen) atoms. The lowest BCUT2D eigenvalue weighted by Gasteiger charge is -2.34. The highest BCUT2D eigenvalue weighted by molar-refractivity contribution is 5.92. The number of anilines is 1. The molecular weight excluding hydrogens is 358 g/mol. The molecule has 0 unspecified atom stereocenters. The van der Waals surface area contributed by atoms with Crippen molar-refractivity contribution in [3.63, 3.8) is 0 Å². The fourth-order valence-electron chi connectivity index (χ4n) is 5.64. The van der Waals surface area contributed by atoms with Crippen LogP contribution in [0.3, 0.4) is 0 Å². The van der Waals surface area contributed by atoms with E-state index in [-0.39, 0.29) is 5.91 Å². The van der Waals surface area contributed by atoms with Crippen LogP contribution in [0, 0.1) is 0 Å². The molecule has 4 nitrogen and oxygen atoms in total. The van der Waals surface area contributed by atoms with Gasteiger partial charge in [0.05, 0.1) is 0 Å². The molecule has 1 aromatic carbocycles. The van der Waals surface area contributed by atoms with Gasteiger partial charge in [0, 0.05) is 31.2 Å². The Kier molecular flexibility index (Phi) is 7.25. The molecule has 1 amide bonds. The number of nitrogens with zero attached hydrogens (tertiary/aromatic N) is 3. The van der Waals surface area contributed by atoms with E-state index in [9.17, 15) is 4.79 Å². The largest absolute Gasteiger partial charge is 0.316 e. The van der Waals surface area contributed by atoms with Gasteiger partial charge in [0.2, 0.25) is 5.91 Å². The van der Waals surface area contributed by atoms with E-state index < -0.39 is 0 Å². The molecule has 0 radical (unpaired) electrons. The molecule has 3 aliphatic heterocycles. The maximum atomic E-state index is 12.6. The van der Waals surface area contributed by atoms with Crippen LogP contribution in [0.15, 0.2) is 24.3 Å². The van der Waals surface area contributed by atoms with Crippen LogP contribution >= 0.6 is 0 Å². The van der Waals surface area contributed by atoms with Crippen molar-refractivity contribution in [1.82, 2.24) is 9.80 Å². The second-order valence-electron chi connectivity index (χ2n) is 9.38. The highest BCUT2D eigenvalue weighted by atomic mass is 16.2. The average Bonchev–Trinajstić information content (AvgIpc) is 3.21. The van der Waals surface area contributed by atoms with Crippen molar-refractivity contribution < 1.29 is 4.79 Å². The first kappa shape index (κ1) is 20.9. The van der Waals surface area contributed by atoms with E-state index >= 15 is 0 Å². The number of hydrogen-bond donors (Lipinski definition) is 0. The summed E-state index contributed by atoms with van der Waals surface area (Å²) in [4.78, 5) is 19.8. The Labute approximate surface area is 177 Å². The number of hydrogen-bond acceptors (Lipinski definition) is 3. The summed E-state index contributed by atoms with van der Waals surface area (Å²) in [5, 5.41) is 0. The monoisotopic (exact) mass is 397 g/mol. The maximum Gasteiger partial charge on any atom is 0.226 e. The van der Waals surface area contributed by atoms with Crippen LogP contribution in [0.25, 0.3) is 0 Å². The van der Waals surface area contributed by atoms with Crippen molar-refractivity contribution in [3.8, 4) is 0 Å². The van der Waals surface area contributed by atoms with Crippen molar-refractivity contribution in [3.05, 3.63) is 29.8 Å². The molecule has 0 bridgehead atoms. The predicted molar refractivity (Wildman–Crippen MR) is 120 cm³/mol. The number of fused-ring (bicyclic) bond motifs is 1. The summed E-state index contributed by atoms with van der Waals surface area (Å²) in [6, 6.07) is 10.2. The molecule has 0 aromatic heterocycles. The molecule has 3 fully saturated rings. The van der Waals surface area contributed by atoms with Gasteiger partial charge in [-0.3, -0.25) is 9.69 Å². The summed E-state index contributed by atoms with van der Waals surface area (Å²) in [7, 11) is 1.93. The minimum atomic E-state index is 0.244. The fraction of sp³-hybridized carbons (Fsp3) is 0.720. The van der Waals surface area contributed by atoms with Crippen molar-refractivity contribution in [2.75, 3.05) is 38.1 Å². The Hall–Kier alpha value is -1.39. The molecule has 0 spiro atoms. The normalized spacial score (nSPS) is 25.7. The van der Waals surface area contributed by atoms with Crippen molar-refractivity contribution >= 4 is 11.6 Å². The zero-order chi connectivity index (χ0) is 20.1. The van der Waals surface area contributed by atoms with Crippen LogP contribution in [-0.2, 0) is 4.79 Å². The Balaban J connectivity index is 1.24. The molecule has 3 heterocycles. The second kappa shape index (κ2) is 10.1. The van der Waals surface area contributed by atoms with Gasteiger partial charge < -0.3 is 9.80 Å². The fourth-order valence-corrected chi connectivity index (χ4v) is 5.64. The van der Waals surface area contributed by atoms with E-state index in [1.54, 1.807) is 0 Å². The van der Waals surface area contributed by atoms with E-state index in [0.717, 1.165) is 31.1 Å². The average molecular weight is 398 g/mol. The summed E-state index contributed by atoms with van der Waals surface area (Å²) in [5.74, 6) is 0.244. The van der Waals surface area contributed by atoms with E-state index in [2.05, 4.69) is 34.1 Å². The molecule has 3 aliphatic rings. The van der Waals surface area contributed by atoms with E-state index in [4.69, 9.17) is 0 Å². The summed E-state index contributed by atoms with van der Waals surface area (Å²) < 4.78 is 0. The zero-order valence-electron chi connectivity index (χ0n) is 18.3. The Morgan fingerprint density at radius 2 is 1.69 bits per heavy atom. The third-order valence-corrected chi connectivity index (χ3v) is 7.45. The van der Waals surface area contributed by atoms with Crippen LogP contribution in [0.1, 0.15) is 82.2 Å². The number of unbranched alkanes of at least 4 members (excludes halogenated alkanes) is 1. The molecule has 4 rings (SSSR count). The molecule has 2 atom stereocenters. The highest BCUT2D eigenvalue weighted by Gasteiger charge is 2.35. The molecule has 0 aliphatic carbocycles. The van der Waals surface area contributed by atoms with Gasteiger partial charge >= 0.3 is 0 Å². The molecule has 4 heteroatoms. The molecule has 3 saturated heterocycles. The van der Waals surface area contributed by atoms with Crippen molar-refractivity contribution in [2.45, 2.75) is 82.7 Å². The van der Waals surface area contributed by atoms with Crippen LogP contribution in [0.2, 0.25) is 0 Å². The summed E-state index contributed by atoms with van der Waals surface area (Å²) in [6.45, 7) is 4.91. The lowest BCUT2D eigenvalue weighted by atomic mass is 10.0. The molecule has 0 N–H and O–H groups in total. The first-order chi connectivity index (χ1) is 14.2. The Bertz CT molecular complexity index is 653. The van der Waals surface area contributed by atoms with Gasteiger partial charge in [0.15, 0.2) is 0 Å². The van der Waals surface area contributed by atoms with Gasteiger partial charge in [0.1, 0.15) is 0 Å². The second-order valence-corrected chi connectivity index (χ2v) is 9.38. The number of carbonyl (C=O) groups excluding carboxylic acids is 1. The third kappa shape index (κ3) is 5.21. The van der Waals surface area contributed by atoms with E-state index in [1.165, 1.54) is 76.6 Å². The standard InChI is InChI=1S/C25H39N3O/c1-26(25(29)10-4-7-19-27-17-5-2-6-18-27)22-13-11-21(12-14-22)24-16-15-23-9-3-8-20-28(23)24/h11-14,23-24H,2-10,15-20H2,1H3/t23-,24-/m1/s1. The van der Waals surface area contributed by atoms with Gasteiger partial charge in [0.25, 0.3) is 0 Å². The maximum absolute atomic E-state index is 12.6. The molecule has 160 valence electrons. The minimum absolute atomic E-state index is 0.244. The number of rotatable bonds is 7. The molecular formula is C25H39N3O. The highest BCUT2D eigenvalue weighted by Crippen LogP contribution is 2.40. The first-order valence-corrected chi connectivity index (χ1v) is 12.1. The number of amides is 1. The topological polar surface area (TPSA) is 26.8 Å². The zero-order valence-corrected chi connectivity index (χ0v) is 18.3. The quantitative estimate of drug-likeness (QED) is 0.606. The van der Waals surface area contributed by atoms with Crippen molar-refractivity contribution in [2.24, 2.45) is 0 Å². The lowest BCUT2D eigenvalue weighted by molar-refractivity contribution is -0.118. The summed E-state index contributed by atoms with van der Waals surface area (Å²) >= 11 is 0. The van der Waals surface area contributed by atoms with Crippen LogP contribution in [0.4, 0.5) is 5.69 Å². The van der Waals surface area contributed by atoms with E-state index in [0.29, 0.717) is 12.5 Å². The smallest absolute Gasteiger partial charge is 0.226 e. The molecule has 0 saturated carbocycles. The van der Waals surface area contributed by atoms with Crippen LogP contribution in [0.5, 0.6) is 0 Å². The SMILES string of the molecule is CN(C(=O)CCCCN1CCCCC1)c1ccc([C@H]2CC[C@H]3CCCCN32)cc1. The van der Waals surface area contributed by atoms with Crippen LogP contribution in [-0.4, -0.2) is 55.0 Å². The van der Waals surface area contributed by atoms with Gasteiger partial charge in [-0.1, -0.05) is 25.0 Å². The predicted octanol–water partition coefficient (Wildman–Crippen LogP) is 5.00. The van der Waals surface area contributed by atoms with Gasteiger partial charge in [-0.25, -0.2) is 0 Å². The minimum Gasteiger partial charge on any atom is -0.316 e. The number of likely N-dealkylation sites (tertiary alicyclic amines) is 1. The van der Waals surface area contributed by atoms with Gasteiger partial charge in [-0.15, -0.1) is 0 Å². The Morgan fingerprint density at radius 3 is 2.48 bits per heavy atom. The molecule has 1 aromatic rings. The Morgan fingerprint density at radius 1 is 0.931 bits per heavy atom. The summed E-state index contributed by atoms with van der Waals surface area (Å²) in [5.41, 5.74) is 2.46. The lowest BCUT2D eigenvalue weighted by Crippen LogP contribution is -2.35. The van der Waals surface area contributed by atoms with E-state index in [1.807, 2.05) is 11.9 Å². The van der Waals surface area contributed by atoms with Gasteiger partial charge in [-0.2, -0.15) is 0 Å². The van der Waals surface area contributed by atoms with Crippen molar-refractivity contribution in [1.29, 1.82) is 0 Å². The number of piperidine rings is 2. The third-order valence-electron chi connectivity index (χ3n) is 7.45. The number of benzene rings is 1. The van der Waals surface area contributed by atoms with Crippen LogP contribution < -0.4 is 4.90 Å². The number of carbonyl (C=O) groups is 1. The summed E-state index contributed by atoms with van der Waals surface area (Å²) in [6.07, 6.45) is 13.6. The first-order valence-electron chi connectivity index (χ1n) is 12.1.